The Morgan fingerprint density at radius 2 is 1.67 bits per heavy atom. The number of pyridine rings is 2. The van der Waals surface area contributed by atoms with Crippen molar-refractivity contribution in [2.24, 2.45) is 0 Å². The summed E-state index contributed by atoms with van der Waals surface area (Å²) >= 11 is 7.92. The number of nitrogens with zero attached hydrogens (tertiary/aromatic N) is 2. The van der Waals surface area contributed by atoms with E-state index in [0.717, 1.165) is 65.1 Å². The lowest BCUT2D eigenvalue weighted by molar-refractivity contribution is 0.0904. The van der Waals surface area contributed by atoms with Gasteiger partial charge in [0, 0.05) is 36.8 Å². The monoisotopic (exact) mass is 440 g/mol. The van der Waals surface area contributed by atoms with E-state index in [9.17, 15) is 0 Å². The van der Waals surface area contributed by atoms with E-state index in [-0.39, 0.29) is 0 Å². The Balaban J connectivity index is 1.47. The zero-order chi connectivity index (χ0) is 20.9. The molecule has 1 aliphatic rings. The molecule has 3 aromatic rings. The third kappa shape index (κ3) is 5.06. The predicted octanol–water partition coefficient (Wildman–Crippen LogP) is 6.12. The van der Waals surface area contributed by atoms with Crippen LogP contribution in [0.2, 0.25) is 5.02 Å². The first-order valence-electron chi connectivity index (χ1n) is 10.1. The molecule has 0 radical (unpaired) electrons. The third-order valence-electron chi connectivity index (χ3n) is 5.12. The zero-order valence-corrected chi connectivity index (χ0v) is 18.7. The molecule has 5 nitrogen and oxygen atoms in total. The van der Waals surface area contributed by atoms with Crippen molar-refractivity contribution in [1.82, 2.24) is 9.97 Å². The van der Waals surface area contributed by atoms with Gasteiger partial charge in [0.1, 0.15) is 16.7 Å². The molecule has 156 valence electrons. The Morgan fingerprint density at radius 3 is 2.43 bits per heavy atom. The normalized spacial score (nSPS) is 14.5. The molecule has 0 spiro atoms. The number of aromatic nitrogens is 2. The lowest BCUT2D eigenvalue weighted by Gasteiger charge is -2.23. The van der Waals surface area contributed by atoms with Gasteiger partial charge in [0.2, 0.25) is 0 Å². The zero-order valence-electron chi connectivity index (χ0n) is 17.1. The summed E-state index contributed by atoms with van der Waals surface area (Å²) in [6.45, 7) is 5.77. The second kappa shape index (κ2) is 9.69. The van der Waals surface area contributed by atoms with Crippen LogP contribution < -0.4 is 10.0 Å². The van der Waals surface area contributed by atoms with Crippen molar-refractivity contribution < 1.29 is 4.74 Å². The maximum Gasteiger partial charge on any atom is 0.136 e. The van der Waals surface area contributed by atoms with Crippen molar-refractivity contribution in [2.45, 2.75) is 37.8 Å². The van der Waals surface area contributed by atoms with E-state index >= 15 is 0 Å². The Hall–Kier alpha value is -2.28. The smallest absolute Gasteiger partial charge is 0.136 e. The van der Waals surface area contributed by atoms with Gasteiger partial charge in [-0.1, -0.05) is 35.9 Å². The summed E-state index contributed by atoms with van der Waals surface area (Å²) in [7, 11) is 0. The second-order valence-electron chi connectivity index (χ2n) is 7.39. The van der Waals surface area contributed by atoms with Crippen molar-refractivity contribution in [3.05, 3.63) is 64.7 Å². The molecular formula is C23H25ClN4OS. The van der Waals surface area contributed by atoms with Crippen LogP contribution >= 0.6 is 23.5 Å². The molecule has 0 bridgehead atoms. The topological polar surface area (TPSA) is 59.1 Å². The van der Waals surface area contributed by atoms with Crippen molar-refractivity contribution in [2.75, 3.05) is 23.3 Å². The molecular weight excluding hydrogens is 416 g/mol. The van der Waals surface area contributed by atoms with Gasteiger partial charge in [0.15, 0.2) is 0 Å². The molecule has 0 aliphatic carbocycles. The minimum atomic E-state index is 0.414. The molecule has 1 fully saturated rings. The maximum atomic E-state index is 6.48. The summed E-state index contributed by atoms with van der Waals surface area (Å²) in [5.41, 5.74) is 4.18. The summed E-state index contributed by atoms with van der Waals surface area (Å²) in [6, 6.07) is 16.4. The maximum absolute atomic E-state index is 6.48. The molecule has 0 amide bonds. The third-order valence-corrected chi connectivity index (χ3v) is 6.17. The highest BCUT2D eigenvalue weighted by Crippen LogP contribution is 2.33. The van der Waals surface area contributed by atoms with Crippen molar-refractivity contribution in [3.63, 3.8) is 0 Å². The van der Waals surface area contributed by atoms with Crippen LogP contribution in [0.15, 0.2) is 53.6 Å². The molecule has 1 aromatic carbocycles. The molecule has 2 aromatic heterocycles. The number of aryl methyl sites for hydroxylation is 2. The van der Waals surface area contributed by atoms with Gasteiger partial charge in [-0.25, -0.2) is 9.97 Å². The van der Waals surface area contributed by atoms with Gasteiger partial charge in [0.05, 0.1) is 10.7 Å². The predicted molar refractivity (Wildman–Crippen MR) is 125 cm³/mol. The van der Waals surface area contributed by atoms with E-state index in [0.29, 0.717) is 11.1 Å². The fourth-order valence-electron chi connectivity index (χ4n) is 3.57. The largest absolute Gasteiger partial charge is 0.381 e. The van der Waals surface area contributed by atoms with E-state index in [1.807, 2.05) is 36.4 Å². The van der Waals surface area contributed by atoms with Gasteiger partial charge in [-0.05, 0) is 62.1 Å². The average Bonchev–Trinajstić information content (AvgIpc) is 2.75. The quantitative estimate of drug-likeness (QED) is 0.450. The highest BCUT2D eigenvalue weighted by atomic mass is 35.5. The van der Waals surface area contributed by atoms with Crippen LogP contribution in [0.25, 0.3) is 11.3 Å². The number of hydrogen-bond donors (Lipinski definition) is 2. The van der Waals surface area contributed by atoms with Crippen LogP contribution in [-0.2, 0) is 4.74 Å². The first-order chi connectivity index (χ1) is 14.6. The number of hydrogen-bond acceptors (Lipinski definition) is 6. The van der Waals surface area contributed by atoms with E-state index in [1.165, 1.54) is 11.9 Å². The number of nitrogens with one attached hydrogen (secondary N) is 2. The van der Waals surface area contributed by atoms with Gasteiger partial charge >= 0.3 is 0 Å². The molecule has 1 aliphatic heterocycles. The molecule has 4 rings (SSSR count). The molecule has 0 saturated carbocycles. The summed E-state index contributed by atoms with van der Waals surface area (Å²) in [5.74, 6) is 1.63. The fourth-order valence-corrected chi connectivity index (χ4v) is 4.38. The van der Waals surface area contributed by atoms with Crippen molar-refractivity contribution in [1.29, 1.82) is 0 Å². The first kappa shape index (κ1) is 21.0. The van der Waals surface area contributed by atoms with Crippen LogP contribution in [0.5, 0.6) is 0 Å². The van der Waals surface area contributed by atoms with E-state index < -0.39 is 0 Å². The van der Waals surface area contributed by atoms with Gasteiger partial charge in [-0.15, -0.1) is 0 Å². The highest BCUT2D eigenvalue weighted by molar-refractivity contribution is 8.00. The van der Waals surface area contributed by atoms with Gasteiger partial charge < -0.3 is 14.8 Å². The lowest BCUT2D eigenvalue weighted by atomic mass is 9.99. The summed E-state index contributed by atoms with van der Waals surface area (Å²) < 4.78 is 8.73. The van der Waals surface area contributed by atoms with Crippen LogP contribution in [0.4, 0.5) is 11.6 Å². The van der Waals surface area contributed by atoms with Gasteiger partial charge in [0.25, 0.3) is 0 Å². The fraction of sp³-hybridized carbons (Fsp3) is 0.304. The van der Waals surface area contributed by atoms with E-state index in [1.54, 1.807) is 0 Å². The number of halogens is 1. The molecule has 0 atom stereocenters. The summed E-state index contributed by atoms with van der Waals surface area (Å²) in [6.07, 6.45) is 2.01. The Labute approximate surface area is 186 Å². The minimum absolute atomic E-state index is 0.414. The van der Waals surface area contributed by atoms with E-state index in [2.05, 4.69) is 36.0 Å². The van der Waals surface area contributed by atoms with Crippen LogP contribution in [0.1, 0.15) is 24.0 Å². The second-order valence-corrected chi connectivity index (χ2v) is 8.62. The van der Waals surface area contributed by atoms with E-state index in [4.69, 9.17) is 26.3 Å². The Kier molecular flexibility index (Phi) is 6.77. The Bertz CT molecular complexity index is 1000. The number of rotatable bonds is 6. The molecule has 30 heavy (non-hydrogen) atoms. The number of benzene rings is 1. The van der Waals surface area contributed by atoms with Crippen LogP contribution in [0, 0.1) is 13.8 Å². The van der Waals surface area contributed by atoms with Gasteiger partial charge in [-0.3, -0.25) is 0 Å². The summed E-state index contributed by atoms with van der Waals surface area (Å²) in [5, 5.41) is 5.02. The number of anilines is 2. The van der Waals surface area contributed by atoms with Crippen molar-refractivity contribution >= 4 is 35.2 Å². The average molecular weight is 441 g/mol. The molecule has 3 heterocycles. The van der Waals surface area contributed by atoms with Crippen LogP contribution in [0.3, 0.4) is 0 Å². The first-order valence-corrected chi connectivity index (χ1v) is 11.3. The molecule has 2 N–H and O–H groups in total. The lowest BCUT2D eigenvalue weighted by Crippen LogP contribution is -2.28. The SMILES string of the molecule is Cc1cccc(C)c1-c1nc(NSc2cccc(NC3CCOCC3)n2)ccc1Cl. The number of ether oxygens (including phenoxy) is 1. The Morgan fingerprint density at radius 1 is 0.933 bits per heavy atom. The standard InChI is InChI=1S/C23H25ClN4OS/c1-15-5-3-6-16(2)22(15)23-18(24)9-10-20(27-23)28-30-21-8-4-7-19(26-21)25-17-11-13-29-14-12-17/h3-10,17H,11-14H2,1-2H3,(H,25,26)(H,27,28). The van der Waals surface area contributed by atoms with Crippen LogP contribution in [-0.4, -0.2) is 29.2 Å². The molecule has 7 heteroatoms. The molecule has 1 saturated heterocycles. The minimum Gasteiger partial charge on any atom is -0.381 e. The summed E-state index contributed by atoms with van der Waals surface area (Å²) in [4.78, 5) is 9.48. The highest BCUT2D eigenvalue weighted by Gasteiger charge is 2.15. The van der Waals surface area contributed by atoms with Crippen molar-refractivity contribution in [3.8, 4) is 11.3 Å². The molecule has 0 unspecified atom stereocenters. The van der Waals surface area contributed by atoms with Gasteiger partial charge in [-0.2, -0.15) is 0 Å².